The van der Waals surface area contributed by atoms with Crippen LogP contribution in [0.2, 0.25) is 0 Å². The summed E-state index contributed by atoms with van der Waals surface area (Å²) >= 11 is 0. The van der Waals surface area contributed by atoms with Crippen molar-refractivity contribution in [3.63, 3.8) is 0 Å². The van der Waals surface area contributed by atoms with Gasteiger partial charge in [-0.25, -0.2) is 9.78 Å². The summed E-state index contributed by atoms with van der Waals surface area (Å²) in [6.07, 6.45) is 1.63. The maximum absolute atomic E-state index is 11.1. The molecule has 0 amide bonds. The molecular weight excluding hydrogens is 230 g/mol. The zero-order chi connectivity index (χ0) is 13.1. The highest BCUT2D eigenvalue weighted by Crippen LogP contribution is 2.28. The Labute approximate surface area is 105 Å². The van der Waals surface area contributed by atoms with E-state index in [-0.39, 0.29) is 0 Å². The van der Waals surface area contributed by atoms with Crippen molar-refractivity contribution in [3.05, 3.63) is 47.7 Å². The normalized spacial score (nSPS) is 10.1. The molecule has 2 aromatic rings. The fraction of sp³-hybridized carbons (Fsp3) is 0.143. The van der Waals surface area contributed by atoms with E-state index < -0.39 is 5.97 Å². The van der Waals surface area contributed by atoms with Crippen molar-refractivity contribution in [3.8, 4) is 17.0 Å². The average Bonchev–Trinajstić information content (AvgIpc) is 2.39. The molecule has 0 unspecified atom stereocenters. The molecule has 2 rings (SSSR count). The third-order valence-electron chi connectivity index (χ3n) is 2.74. The number of aromatic nitrogens is 1. The van der Waals surface area contributed by atoms with Gasteiger partial charge in [0.25, 0.3) is 0 Å². The summed E-state index contributed by atoms with van der Waals surface area (Å²) in [5.74, 6) is -0.449. The molecular formula is C14H13NO3. The Bertz CT molecular complexity index is 593. The minimum atomic E-state index is -0.933. The van der Waals surface area contributed by atoms with E-state index in [0.29, 0.717) is 11.4 Å². The van der Waals surface area contributed by atoms with Gasteiger partial charge in [0, 0.05) is 11.8 Å². The van der Waals surface area contributed by atoms with Crippen molar-refractivity contribution < 1.29 is 14.6 Å². The Kier molecular flexibility index (Phi) is 3.28. The zero-order valence-electron chi connectivity index (χ0n) is 10.2. The number of benzene rings is 1. The molecule has 0 bridgehead atoms. The smallest absolute Gasteiger partial charge is 0.335 e. The van der Waals surface area contributed by atoms with Gasteiger partial charge in [-0.05, 0) is 36.2 Å². The number of rotatable bonds is 3. The molecule has 0 saturated carbocycles. The number of pyridine rings is 1. The standard InChI is InChI=1S/C14H13NO3/c1-9-5-6-10(8-12(9)14(16)17)11-4-3-7-15-13(11)18-2/h3-8H,1-2H3,(H,16,17). The van der Waals surface area contributed by atoms with Crippen molar-refractivity contribution in [2.24, 2.45) is 0 Å². The second-order valence-corrected chi connectivity index (χ2v) is 3.90. The molecule has 1 heterocycles. The molecule has 0 aliphatic rings. The summed E-state index contributed by atoms with van der Waals surface area (Å²) in [5, 5.41) is 9.12. The summed E-state index contributed by atoms with van der Waals surface area (Å²) in [6.45, 7) is 1.77. The van der Waals surface area contributed by atoms with Crippen LogP contribution in [0.4, 0.5) is 0 Å². The number of ether oxygens (including phenoxy) is 1. The van der Waals surface area contributed by atoms with Gasteiger partial charge in [0.2, 0.25) is 5.88 Å². The molecule has 0 spiro atoms. The zero-order valence-corrected chi connectivity index (χ0v) is 10.2. The number of carboxylic acid groups (broad SMARTS) is 1. The summed E-state index contributed by atoms with van der Waals surface area (Å²) in [7, 11) is 1.54. The van der Waals surface area contributed by atoms with Crippen LogP contribution in [0.25, 0.3) is 11.1 Å². The van der Waals surface area contributed by atoms with Crippen LogP contribution in [-0.2, 0) is 0 Å². The van der Waals surface area contributed by atoms with Gasteiger partial charge in [-0.2, -0.15) is 0 Å². The molecule has 4 heteroatoms. The summed E-state index contributed by atoms with van der Waals surface area (Å²) in [5.41, 5.74) is 2.58. The monoisotopic (exact) mass is 243 g/mol. The van der Waals surface area contributed by atoms with E-state index in [9.17, 15) is 4.79 Å². The van der Waals surface area contributed by atoms with E-state index in [1.54, 1.807) is 31.3 Å². The second kappa shape index (κ2) is 4.87. The molecule has 1 aromatic heterocycles. The van der Waals surface area contributed by atoms with Gasteiger partial charge in [0.1, 0.15) is 0 Å². The Morgan fingerprint density at radius 1 is 1.33 bits per heavy atom. The minimum absolute atomic E-state index is 0.290. The van der Waals surface area contributed by atoms with Crippen molar-refractivity contribution >= 4 is 5.97 Å². The Morgan fingerprint density at radius 3 is 2.78 bits per heavy atom. The minimum Gasteiger partial charge on any atom is -0.481 e. The fourth-order valence-corrected chi connectivity index (χ4v) is 1.79. The Hall–Kier alpha value is -2.36. The lowest BCUT2D eigenvalue weighted by Gasteiger charge is -2.09. The van der Waals surface area contributed by atoms with Crippen LogP contribution in [0, 0.1) is 6.92 Å². The van der Waals surface area contributed by atoms with Crippen molar-refractivity contribution in [2.75, 3.05) is 7.11 Å². The molecule has 0 fully saturated rings. The van der Waals surface area contributed by atoms with Gasteiger partial charge in [0.15, 0.2) is 0 Å². The van der Waals surface area contributed by atoms with Crippen LogP contribution in [-0.4, -0.2) is 23.2 Å². The first-order valence-electron chi connectivity index (χ1n) is 5.47. The van der Waals surface area contributed by atoms with Crippen LogP contribution in [0.15, 0.2) is 36.5 Å². The quantitative estimate of drug-likeness (QED) is 0.900. The Morgan fingerprint density at radius 2 is 2.11 bits per heavy atom. The molecule has 92 valence electrons. The first-order valence-corrected chi connectivity index (χ1v) is 5.47. The summed E-state index contributed by atoms with van der Waals surface area (Å²) in [6, 6.07) is 8.92. The van der Waals surface area contributed by atoms with Crippen LogP contribution in [0.5, 0.6) is 5.88 Å². The SMILES string of the molecule is COc1ncccc1-c1ccc(C)c(C(=O)O)c1. The van der Waals surface area contributed by atoms with Gasteiger partial charge < -0.3 is 9.84 Å². The van der Waals surface area contributed by atoms with Crippen LogP contribution in [0.3, 0.4) is 0 Å². The third kappa shape index (κ3) is 2.18. The van der Waals surface area contributed by atoms with Crippen molar-refractivity contribution in [1.82, 2.24) is 4.98 Å². The molecule has 0 atom stereocenters. The molecule has 1 aromatic carbocycles. The fourth-order valence-electron chi connectivity index (χ4n) is 1.79. The highest BCUT2D eigenvalue weighted by molar-refractivity contribution is 5.91. The van der Waals surface area contributed by atoms with E-state index in [1.807, 2.05) is 12.1 Å². The topological polar surface area (TPSA) is 59.4 Å². The van der Waals surface area contributed by atoms with E-state index in [4.69, 9.17) is 9.84 Å². The molecule has 18 heavy (non-hydrogen) atoms. The van der Waals surface area contributed by atoms with Gasteiger partial charge in [-0.1, -0.05) is 12.1 Å². The number of carboxylic acids is 1. The summed E-state index contributed by atoms with van der Waals surface area (Å²) in [4.78, 5) is 15.2. The number of hydrogen-bond donors (Lipinski definition) is 1. The lowest BCUT2D eigenvalue weighted by molar-refractivity contribution is 0.0696. The lowest BCUT2D eigenvalue weighted by Crippen LogP contribution is -2.00. The molecule has 0 aliphatic heterocycles. The third-order valence-corrected chi connectivity index (χ3v) is 2.74. The predicted molar refractivity (Wildman–Crippen MR) is 67.9 cm³/mol. The van der Waals surface area contributed by atoms with Gasteiger partial charge in [0.05, 0.1) is 12.7 Å². The largest absolute Gasteiger partial charge is 0.481 e. The highest BCUT2D eigenvalue weighted by atomic mass is 16.5. The van der Waals surface area contributed by atoms with E-state index in [1.165, 1.54) is 7.11 Å². The number of carbonyl (C=O) groups is 1. The predicted octanol–water partition coefficient (Wildman–Crippen LogP) is 2.76. The Balaban J connectivity index is 2.58. The van der Waals surface area contributed by atoms with Crippen LogP contribution in [0.1, 0.15) is 15.9 Å². The number of nitrogens with zero attached hydrogens (tertiary/aromatic N) is 1. The molecule has 4 nitrogen and oxygen atoms in total. The first kappa shape index (κ1) is 12.1. The van der Waals surface area contributed by atoms with Crippen LogP contribution >= 0.6 is 0 Å². The van der Waals surface area contributed by atoms with Gasteiger partial charge >= 0.3 is 5.97 Å². The summed E-state index contributed by atoms with van der Waals surface area (Å²) < 4.78 is 5.17. The van der Waals surface area contributed by atoms with Crippen LogP contribution < -0.4 is 4.74 Å². The molecule has 0 radical (unpaired) electrons. The first-order chi connectivity index (χ1) is 8.63. The maximum Gasteiger partial charge on any atom is 0.335 e. The average molecular weight is 243 g/mol. The van der Waals surface area contributed by atoms with E-state index in [2.05, 4.69) is 4.98 Å². The van der Waals surface area contributed by atoms with Crippen molar-refractivity contribution in [2.45, 2.75) is 6.92 Å². The van der Waals surface area contributed by atoms with E-state index >= 15 is 0 Å². The number of aryl methyl sites for hydroxylation is 1. The molecule has 0 saturated heterocycles. The molecule has 0 aliphatic carbocycles. The lowest BCUT2D eigenvalue weighted by atomic mass is 10.0. The highest BCUT2D eigenvalue weighted by Gasteiger charge is 2.11. The van der Waals surface area contributed by atoms with Gasteiger partial charge in [-0.3, -0.25) is 0 Å². The number of methoxy groups -OCH3 is 1. The maximum atomic E-state index is 11.1. The van der Waals surface area contributed by atoms with E-state index in [0.717, 1.165) is 16.7 Å². The van der Waals surface area contributed by atoms with Gasteiger partial charge in [-0.15, -0.1) is 0 Å². The number of hydrogen-bond acceptors (Lipinski definition) is 3. The number of aromatic carboxylic acids is 1. The molecule has 1 N–H and O–H groups in total. The van der Waals surface area contributed by atoms with Crippen molar-refractivity contribution in [1.29, 1.82) is 0 Å². The second-order valence-electron chi connectivity index (χ2n) is 3.90.